The lowest BCUT2D eigenvalue weighted by Gasteiger charge is -2.52. The zero-order chi connectivity index (χ0) is 19.2. The van der Waals surface area contributed by atoms with Gasteiger partial charge in [-0.3, -0.25) is 0 Å². The molecule has 0 saturated heterocycles. The van der Waals surface area contributed by atoms with Crippen molar-refractivity contribution in [3.05, 3.63) is 0 Å². The van der Waals surface area contributed by atoms with E-state index in [1.165, 1.54) is 0 Å². The topological polar surface area (TPSA) is 40.5 Å². The van der Waals surface area contributed by atoms with E-state index >= 15 is 0 Å². The third-order valence-electron chi connectivity index (χ3n) is 7.96. The molecule has 0 bridgehead atoms. The summed E-state index contributed by atoms with van der Waals surface area (Å²) in [5.41, 5.74) is 0.628. The van der Waals surface area contributed by atoms with E-state index in [9.17, 15) is 10.2 Å². The van der Waals surface area contributed by atoms with Crippen LogP contribution in [-0.4, -0.2) is 22.4 Å². The molecular weight excluding hydrogens is 308 g/mol. The fraction of sp³-hybridized carbons (Fsp3) is 1.00. The van der Waals surface area contributed by atoms with Gasteiger partial charge >= 0.3 is 0 Å². The van der Waals surface area contributed by atoms with Crippen LogP contribution in [0.5, 0.6) is 0 Å². The van der Waals surface area contributed by atoms with Gasteiger partial charge in [0.2, 0.25) is 0 Å². The van der Waals surface area contributed by atoms with E-state index in [0.29, 0.717) is 23.7 Å². The molecule has 0 aromatic rings. The van der Waals surface area contributed by atoms with Crippen molar-refractivity contribution in [1.29, 1.82) is 0 Å². The first-order valence-corrected chi connectivity index (χ1v) is 10.6. The second-order valence-electron chi connectivity index (χ2n) is 11.9. The van der Waals surface area contributed by atoms with Crippen LogP contribution in [-0.2, 0) is 0 Å². The Morgan fingerprint density at radius 2 is 0.880 bits per heavy atom. The minimum absolute atomic E-state index is 0.137. The number of hydrogen-bond acceptors (Lipinski definition) is 2. The first kappa shape index (κ1) is 21.2. The van der Waals surface area contributed by atoms with Crippen LogP contribution in [0.4, 0.5) is 0 Å². The second kappa shape index (κ2) is 7.15. The van der Waals surface area contributed by atoms with Crippen molar-refractivity contribution in [2.45, 2.75) is 106 Å². The van der Waals surface area contributed by atoms with Crippen LogP contribution in [0.3, 0.4) is 0 Å². The minimum Gasteiger partial charge on any atom is -0.393 e. The lowest BCUT2D eigenvalue weighted by atomic mass is 9.54. The van der Waals surface area contributed by atoms with Gasteiger partial charge in [-0.15, -0.1) is 0 Å². The van der Waals surface area contributed by atoms with Gasteiger partial charge in [-0.05, 0) is 78.4 Å². The Morgan fingerprint density at radius 1 is 0.560 bits per heavy atom. The molecule has 6 unspecified atom stereocenters. The maximum absolute atomic E-state index is 10.5. The molecule has 0 aromatic carbocycles. The van der Waals surface area contributed by atoms with Crippen molar-refractivity contribution in [1.82, 2.24) is 0 Å². The zero-order valence-electron chi connectivity index (χ0n) is 18.1. The highest BCUT2D eigenvalue weighted by molar-refractivity contribution is 4.97. The summed E-state index contributed by atoms with van der Waals surface area (Å²) in [5, 5.41) is 21.1. The molecule has 0 radical (unpaired) electrons. The summed E-state index contributed by atoms with van der Waals surface area (Å²) in [6, 6.07) is 0. The second-order valence-corrected chi connectivity index (χ2v) is 11.9. The standard InChI is InChI=1S/C23H44O2/c1-21(2,3)17-13-15(9-11-19(17)24)23(7,8)16-10-12-20(25)18(14-16)22(4,5)6/h15-20,24-25H,9-14H2,1-8H3. The summed E-state index contributed by atoms with van der Waals surface area (Å²) in [6.07, 6.45) is 6.24. The molecule has 0 aromatic heterocycles. The predicted molar refractivity (Wildman–Crippen MR) is 106 cm³/mol. The highest BCUT2D eigenvalue weighted by Gasteiger charge is 2.47. The van der Waals surface area contributed by atoms with Crippen molar-refractivity contribution in [3.8, 4) is 0 Å². The summed E-state index contributed by atoms with van der Waals surface area (Å²) in [5.74, 6) is 2.17. The van der Waals surface area contributed by atoms with E-state index in [0.717, 1.165) is 38.5 Å². The maximum Gasteiger partial charge on any atom is 0.0573 e. The molecule has 2 saturated carbocycles. The van der Waals surface area contributed by atoms with Crippen LogP contribution in [0.1, 0.15) is 93.9 Å². The Bertz CT molecular complexity index is 400. The summed E-state index contributed by atoms with van der Waals surface area (Å²) in [4.78, 5) is 0. The van der Waals surface area contributed by atoms with Crippen molar-refractivity contribution in [3.63, 3.8) is 0 Å². The lowest BCUT2D eigenvalue weighted by molar-refractivity contribution is -0.0753. The Labute approximate surface area is 156 Å². The fourth-order valence-electron chi connectivity index (χ4n) is 5.86. The molecule has 0 heterocycles. The van der Waals surface area contributed by atoms with Gasteiger partial charge in [0.15, 0.2) is 0 Å². The maximum atomic E-state index is 10.5. The molecule has 2 aliphatic carbocycles. The molecule has 148 valence electrons. The van der Waals surface area contributed by atoms with Gasteiger partial charge in [0.1, 0.15) is 0 Å². The lowest BCUT2D eigenvalue weighted by Crippen LogP contribution is -2.47. The molecule has 2 rings (SSSR count). The first-order chi connectivity index (χ1) is 11.2. The summed E-state index contributed by atoms with van der Waals surface area (Å²) in [7, 11) is 0. The van der Waals surface area contributed by atoms with E-state index < -0.39 is 0 Å². The van der Waals surface area contributed by atoms with Crippen LogP contribution in [0.2, 0.25) is 0 Å². The smallest absolute Gasteiger partial charge is 0.0573 e. The molecule has 0 aliphatic heterocycles. The van der Waals surface area contributed by atoms with Gasteiger partial charge in [0, 0.05) is 0 Å². The minimum atomic E-state index is -0.137. The number of aliphatic hydroxyl groups is 2. The summed E-state index contributed by atoms with van der Waals surface area (Å²) >= 11 is 0. The number of hydrogen-bond donors (Lipinski definition) is 2. The monoisotopic (exact) mass is 352 g/mol. The molecule has 2 heteroatoms. The Balaban J connectivity index is 2.15. The molecule has 2 aliphatic rings. The van der Waals surface area contributed by atoms with E-state index in [4.69, 9.17) is 0 Å². The largest absolute Gasteiger partial charge is 0.393 e. The van der Waals surface area contributed by atoms with E-state index in [-0.39, 0.29) is 28.5 Å². The third-order valence-corrected chi connectivity index (χ3v) is 7.96. The highest BCUT2D eigenvalue weighted by atomic mass is 16.3. The molecule has 2 N–H and O–H groups in total. The molecule has 2 fully saturated rings. The Hall–Kier alpha value is -0.0800. The predicted octanol–water partition coefficient (Wildman–Crippen LogP) is 5.66. The molecule has 6 atom stereocenters. The third kappa shape index (κ3) is 4.61. The van der Waals surface area contributed by atoms with E-state index in [1.807, 2.05) is 0 Å². The van der Waals surface area contributed by atoms with Crippen molar-refractivity contribution < 1.29 is 10.2 Å². The molecule has 25 heavy (non-hydrogen) atoms. The average Bonchev–Trinajstić information content (AvgIpc) is 2.45. The SMILES string of the molecule is CC(C)(C)C1CC(C(C)(C)C2CCC(O)C(C(C)(C)C)C2)CCC1O. The number of aliphatic hydroxyl groups excluding tert-OH is 2. The van der Waals surface area contributed by atoms with Crippen molar-refractivity contribution >= 4 is 0 Å². The van der Waals surface area contributed by atoms with Crippen molar-refractivity contribution in [2.75, 3.05) is 0 Å². The van der Waals surface area contributed by atoms with Gasteiger partial charge < -0.3 is 10.2 Å². The Kier molecular flexibility index (Phi) is 6.07. The van der Waals surface area contributed by atoms with Gasteiger partial charge in [0.25, 0.3) is 0 Å². The average molecular weight is 353 g/mol. The fourth-order valence-corrected chi connectivity index (χ4v) is 5.86. The van der Waals surface area contributed by atoms with Crippen LogP contribution in [0.15, 0.2) is 0 Å². The van der Waals surface area contributed by atoms with Gasteiger partial charge in [-0.1, -0.05) is 55.4 Å². The van der Waals surface area contributed by atoms with Gasteiger partial charge in [-0.25, -0.2) is 0 Å². The quantitative estimate of drug-likeness (QED) is 0.673. The zero-order valence-corrected chi connectivity index (χ0v) is 18.1. The molecule has 2 nitrogen and oxygen atoms in total. The van der Waals surface area contributed by atoms with E-state index in [1.54, 1.807) is 0 Å². The van der Waals surface area contributed by atoms with Crippen LogP contribution >= 0.6 is 0 Å². The van der Waals surface area contributed by atoms with Gasteiger partial charge in [0.05, 0.1) is 12.2 Å². The Morgan fingerprint density at radius 3 is 1.16 bits per heavy atom. The highest BCUT2D eigenvalue weighted by Crippen LogP contribution is 2.54. The van der Waals surface area contributed by atoms with E-state index in [2.05, 4.69) is 55.4 Å². The molecule has 0 spiro atoms. The van der Waals surface area contributed by atoms with Crippen LogP contribution in [0.25, 0.3) is 0 Å². The summed E-state index contributed by atoms with van der Waals surface area (Å²) in [6.45, 7) is 18.6. The molecule has 0 amide bonds. The van der Waals surface area contributed by atoms with Crippen LogP contribution < -0.4 is 0 Å². The normalized spacial score (nSPS) is 38.6. The van der Waals surface area contributed by atoms with Crippen molar-refractivity contribution in [2.24, 2.45) is 39.9 Å². The molecular formula is C23H44O2. The first-order valence-electron chi connectivity index (χ1n) is 10.6. The summed E-state index contributed by atoms with van der Waals surface area (Å²) < 4.78 is 0. The van der Waals surface area contributed by atoms with Gasteiger partial charge in [-0.2, -0.15) is 0 Å². The van der Waals surface area contributed by atoms with Crippen LogP contribution in [0, 0.1) is 39.9 Å². The number of rotatable bonds is 2.